The summed E-state index contributed by atoms with van der Waals surface area (Å²) in [7, 11) is 4.43. The highest BCUT2D eigenvalue weighted by molar-refractivity contribution is 6.41. The Morgan fingerprint density at radius 3 is 1.96 bits per heavy atom. The number of unbranched alkanes of at least 4 members (excludes halogenated alkanes) is 2. The van der Waals surface area contributed by atoms with Crippen LogP contribution in [0.5, 0.6) is 23.0 Å². The van der Waals surface area contributed by atoms with Gasteiger partial charge in [-0.3, -0.25) is 14.4 Å². The van der Waals surface area contributed by atoms with Gasteiger partial charge in [-0.25, -0.2) is 0 Å². The number of ether oxygens (including phenoxy) is 3. The number of hydrogen-bond donors (Lipinski definition) is 3. The van der Waals surface area contributed by atoms with E-state index in [4.69, 9.17) is 14.2 Å². The van der Waals surface area contributed by atoms with E-state index in [1.807, 2.05) is 13.0 Å². The molecule has 250 valence electrons. The molecular formula is C39H42N2O7. The zero-order valence-electron chi connectivity index (χ0n) is 28.7. The Morgan fingerprint density at radius 1 is 0.833 bits per heavy atom. The van der Waals surface area contributed by atoms with E-state index in [1.54, 1.807) is 0 Å². The Balaban J connectivity index is 1.83. The van der Waals surface area contributed by atoms with E-state index in [9.17, 15) is 19.5 Å². The van der Waals surface area contributed by atoms with Gasteiger partial charge in [-0.15, -0.1) is 0 Å². The highest BCUT2D eigenvalue weighted by atomic mass is 16.5. The minimum atomic E-state index is -0.791. The van der Waals surface area contributed by atoms with Crippen LogP contribution in [0.15, 0.2) is 27.3 Å². The van der Waals surface area contributed by atoms with E-state index in [0.29, 0.717) is 55.6 Å². The fourth-order valence-corrected chi connectivity index (χ4v) is 8.62. The number of anilines is 2. The van der Waals surface area contributed by atoms with Gasteiger partial charge in [0, 0.05) is 56.7 Å². The summed E-state index contributed by atoms with van der Waals surface area (Å²) in [5.41, 5.74) is 2.59. The minimum absolute atomic E-state index is 0.0585. The summed E-state index contributed by atoms with van der Waals surface area (Å²) in [5, 5.41) is 23.5. The number of fused-ring (bicyclic) bond motifs is 4. The van der Waals surface area contributed by atoms with E-state index in [2.05, 4.69) is 24.5 Å². The third-order valence-corrected chi connectivity index (χ3v) is 10.7. The molecule has 5 aromatic rings. The molecule has 1 atom stereocenters. The van der Waals surface area contributed by atoms with Gasteiger partial charge in [0.15, 0.2) is 22.4 Å². The number of methoxy groups -OCH3 is 3. The monoisotopic (exact) mass is 650 g/mol. The maximum atomic E-state index is 14.4. The first-order chi connectivity index (χ1) is 23.1. The van der Waals surface area contributed by atoms with Gasteiger partial charge in [-0.2, -0.15) is 0 Å². The van der Waals surface area contributed by atoms with E-state index in [1.165, 1.54) is 40.4 Å². The second kappa shape index (κ2) is 11.4. The maximum absolute atomic E-state index is 14.4. The summed E-state index contributed by atoms with van der Waals surface area (Å²) in [6, 6.07) is 2.86. The van der Waals surface area contributed by atoms with Crippen molar-refractivity contribution in [2.75, 3.05) is 38.5 Å². The molecule has 0 amide bonds. The van der Waals surface area contributed by atoms with Crippen molar-refractivity contribution in [2.45, 2.75) is 77.7 Å². The number of carbonyl (C=O) groups is 1. The summed E-state index contributed by atoms with van der Waals surface area (Å²) >= 11 is 0. The molecule has 2 aliphatic rings. The predicted octanol–water partition coefficient (Wildman–Crippen LogP) is 7.67. The van der Waals surface area contributed by atoms with E-state index < -0.39 is 11.3 Å². The molecule has 9 nitrogen and oxygen atoms in total. The molecule has 0 spiro atoms. The Kier molecular flexibility index (Phi) is 7.57. The number of carbonyl (C=O) groups excluding carboxylic acids is 1. The van der Waals surface area contributed by atoms with Crippen molar-refractivity contribution in [3.05, 3.63) is 49.3 Å². The normalized spacial score (nSPS) is 16.6. The Hall–Kier alpha value is -4.79. The lowest BCUT2D eigenvalue weighted by Crippen LogP contribution is -2.48. The minimum Gasteiger partial charge on any atom is -0.504 e. The SMILES string of the molecule is CCCCC1(CCCC)CNc2c(c3c(=O)cc(OC)c4c5c(OC)cc(=O)c6c(O)c(OC)c7c(c(c2C=C(C)C7C(C)=O)c34)c65)N1. The zero-order valence-corrected chi connectivity index (χ0v) is 28.7. The quantitative estimate of drug-likeness (QED) is 0.103. The van der Waals surface area contributed by atoms with Crippen molar-refractivity contribution in [1.82, 2.24) is 0 Å². The Bertz CT molecular complexity index is 2300. The number of benzene rings is 5. The number of ketones is 1. The van der Waals surface area contributed by atoms with Gasteiger partial charge in [0.25, 0.3) is 0 Å². The molecular weight excluding hydrogens is 608 g/mol. The molecule has 1 aliphatic carbocycles. The van der Waals surface area contributed by atoms with Gasteiger partial charge < -0.3 is 30.0 Å². The van der Waals surface area contributed by atoms with Crippen LogP contribution in [0.4, 0.5) is 11.4 Å². The van der Waals surface area contributed by atoms with Gasteiger partial charge in [0.05, 0.1) is 54.9 Å². The van der Waals surface area contributed by atoms with Crippen molar-refractivity contribution in [3.8, 4) is 23.0 Å². The molecule has 5 aromatic carbocycles. The molecule has 0 radical (unpaired) electrons. The van der Waals surface area contributed by atoms with Crippen LogP contribution in [-0.4, -0.2) is 44.3 Å². The van der Waals surface area contributed by atoms with Crippen molar-refractivity contribution in [1.29, 1.82) is 0 Å². The molecule has 0 bridgehead atoms. The second-order valence-corrected chi connectivity index (χ2v) is 13.5. The largest absolute Gasteiger partial charge is 0.504 e. The number of aromatic hydroxyl groups is 1. The van der Waals surface area contributed by atoms with Crippen LogP contribution in [-0.2, 0) is 4.79 Å². The Morgan fingerprint density at radius 2 is 1.42 bits per heavy atom. The molecule has 1 heterocycles. The number of allylic oxidation sites excluding steroid dienone is 1. The average molecular weight is 651 g/mol. The number of rotatable bonds is 10. The van der Waals surface area contributed by atoms with E-state index in [-0.39, 0.29) is 39.4 Å². The van der Waals surface area contributed by atoms with Crippen molar-refractivity contribution < 1.29 is 24.1 Å². The molecule has 48 heavy (non-hydrogen) atoms. The summed E-state index contributed by atoms with van der Waals surface area (Å²) in [6.45, 7) is 8.46. The first-order valence-corrected chi connectivity index (χ1v) is 16.8. The summed E-state index contributed by atoms with van der Waals surface area (Å²) in [5.74, 6) is -0.600. The van der Waals surface area contributed by atoms with Gasteiger partial charge >= 0.3 is 0 Å². The molecule has 7 rings (SSSR count). The third kappa shape index (κ3) is 4.18. The molecule has 1 unspecified atom stereocenters. The lowest BCUT2D eigenvalue weighted by atomic mass is 9.79. The predicted molar refractivity (Wildman–Crippen MR) is 194 cm³/mol. The fourth-order valence-electron chi connectivity index (χ4n) is 8.62. The van der Waals surface area contributed by atoms with Crippen LogP contribution in [0.3, 0.4) is 0 Å². The summed E-state index contributed by atoms with van der Waals surface area (Å²) < 4.78 is 17.7. The standard InChI is InChI=1S/C39H42N2O7/c1-8-10-12-39(13-11-9-2)17-40-35-20-14-18(3)25(19(4)42)34-32-26(20)31-27(36(35)41-39)21(43)15-23(46-5)29(31)30-24(47-6)16-22(44)28(33(30)32)37(45)38(34)48-7/h14-16,25,40-41,45H,8-13,17H2,1-7H3. The van der Waals surface area contributed by atoms with Crippen molar-refractivity contribution in [2.24, 2.45) is 0 Å². The van der Waals surface area contributed by atoms with Crippen LogP contribution in [0.25, 0.3) is 49.2 Å². The molecule has 0 fully saturated rings. The first-order valence-electron chi connectivity index (χ1n) is 16.8. The van der Waals surface area contributed by atoms with Gasteiger partial charge in [0.1, 0.15) is 17.3 Å². The second-order valence-electron chi connectivity index (χ2n) is 13.5. The number of phenolic OH excluding ortho intramolecular Hbond substituents is 1. The van der Waals surface area contributed by atoms with Gasteiger partial charge in [0.2, 0.25) is 0 Å². The van der Waals surface area contributed by atoms with Crippen molar-refractivity contribution in [3.63, 3.8) is 0 Å². The maximum Gasteiger partial charge on any atom is 0.194 e. The molecule has 1 aliphatic heterocycles. The number of nitrogens with one attached hydrogen (secondary N) is 2. The highest BCUT2D eigenvalue weighted by Gasteiger charge is 2.40. The van der Waals surface area contributed by atoms with Gasteiger partial charge in [-0.05, 0) is 32.1 Å². The number of hydrogen-bond acceptors (Lipinski definition) is 9. The number of Topliss-reactive ketones (excluding diaryl/α,β-unsaturated/α-hetero) is 1. The van der Waals surface area contributed by atoms with Crippen LogP contribution >= 0.6 is 0 Å². The van der Waals surface area contributed by atoms with Gasteiger partial charge in [-0.1, -0.05) is 51.2 Å². The lowest BCUT2D eigenvalue weighted by molar-refractivity contribution is -0.117. The zero-order chi connectivity index (χ0) is 34.2. The van der Waals surface area contributed by atoms with E-state index >= 15 is 0 Å². The average Bonchev–Trinajstić information content (AvgIpc) is 3.20. The third-order valence-electron chi connectivity index (χ3n) is 10.7. The summed E-state index contributed by atoms with van der Waals surface area (Å²) in [4.78, 5) is 41.9. The molecule has 0 saturated heterocycles. The van der Waals surface area contributed by atoms with Crippen LogP contribution < -0.4 is 35.7 Å². The molecule has 0 aromatic heterocycles. The molecule has 9 heteroatoms. The Labute approximate surface area is 278 Å². The van der Waals surface area contributed by atoms with Crippen molar-refractivity contribution >= 4 is 66.3 Å². The van der Waals surface area contributed by atoms with Crippen LogP contribution in [0, 0.1) is 0 Å². The first kappa shape index (κ1) is 31.8. The van der Waals surface area contributed by atoms with E-state index in [0.717, 1.165) is 61.0 Å². The smallest absolute Gasteiger partial charge is 0.194 e. The molecule has 3 N–H and O–H groups in total. The topological polar surface area (TPSA) is 123 Å². The molecule has 0 saturated carbocycles. The van der Waals surface area contributed by atoms with Crippen LogP contribution in [0.1, 0.15) is 83.3 Å². The lowest BCUT2D eigenvalue weighted by Gasteiger charge is -2.42. The number of phenols is 1. The summed E-state index contributed by atoms with van der Waals surface area (Å²) in [6.07, 6.45) is 8.07. The van der Waals surface area contributed by atoms with Crippen LogP contribution in [0.2, 0.25) is 0 Å². The fraction of sp³-hybridized carbons (Fsp3) is 0.410. The highest BCUT2D eigenvalue weighted by Crippen LogP contribution is 2.58.